The molecule has 0 aromatic carbocycles. The van der Waals surface area contributed by atoms with Gasteiger partial charge in [-0.2, -0.15) is 0 Å². The lowest BCUT2D eigenvalue weighted by Crippen LogP contribution is -2.29. The van der Waals surface area contributed by atoms with Gasteiger partial charge in [0.25, 0.3) is 0 Å². The topological polar surface area (TPSA) is 45.2 Å². The smallest absolute Gasteiger partial charge is 0.222 e. The predicted octanol–water partition coefficient (Wildman–Crippen LogP) is 2.66. The van der Waals surface area contributed by atoms with Gasteiger partial charge in [0.05, 0.1) is 0 Å². The van der Waals surface area contributed by atoms with E-state index >= 15 is 0 Å². The normalized spacial score (nSPS) is 20.2. The fourth-order valence-electron chi connectivity index (χ4n) is 2.41. The maximum Gasteiger partial charge on any atom is 0.222 e. The summed E-state index contributed by atoms with van der Waals surface area (Å²) in [4.78, 5) is 18.3. The lowest BCUT2D eigenvalue weighted by Gasteiger charge is -2.21. The van der Waals surface area contributed by atoms with Gasteiger partial charge in [-0.25, -0.2) is 4.98 Å². The van der Waals surface area contributed by atoms with Crippen molar-refractivity contribution in [2.24, 2.45) is 5.92 Å². The summed E-state index contributed by atoms with van der Waals surface area (Å²) in [5, 5.41) is 3.20. The molecule has 0 aliphatic carbocycles. The molecule has 1 amide bonds. The standard InChI is InChI=1S/C15H23N3O/c1-3-16-14-10-13(6-8-17-14)11-18-9-7-12(2)4-5-15(18)19/h6,8,10,12H,3-5,7,9,11H2,1-2H3,(H,16,17). The van der Waals surface area contributed by atoms with Crippen LogP contribution in [0.2, 0.25) is 0 Å². The molecule has 4 heteroatoms. The maximum absolute atomic E-state index is 12.1. The molecule has 0 radical (unpaired) electrons. The second-order valence-corrected chi connectivity index (χ2v) is 5.33. The number of pyridine rings is 1. The van der Waals surface area contributed by atoms with E-state index in [9.17, 15) is 4.79 Å². The Kier molecular flexibility index (Phi) is 4.77. The number of nitrogens with one attached hydrogen (secondary N) is 1. The number of hydrogen-bond acceptors (Lipinski definition) is 3. The first-order valence-corrected chi connectivity index (χ1v) is 7.15. The Morgan fingerprint density at radius 3 is 3.11 bits per heavy atom. The van der Waals surface area contributed by atoms with Crippen molar-refractivity contribution in [3.8, 4) is 0 Å². The molecule has 4 nitrogen and oxygen atoms in total. The lowest BCUT2D eigenvalue weighted by atomic mass is 10.0. The number of hydrogen-bond donors (Lipinski definition) is 1. The summed E-state index contributed by atoms with van der Waals surface area (Å²) in [6.07, 6.45) is 4.62. The van der Waals surface area contributed by atoms with Gasteiger partial charge in [0.2, 0.25) is 5.91 Å². The third-order valence-electron chi connectivity index (χ3n) is 3.65. The molecule has 1 saturated heterocycles. The predicted molar refractivity (Wildman–Crippen MR) is 76.8 cm³/mol. The van der Waals surface area contributed by atoms with Crippen LogP contribution < -0.4 is 5.32 Å². The highest BCUT2D eigenvalue weighted by atomic mass is 16.2. The molecule has 0 bridgehead atoms. The highest BCUT2D eigenvalue weighted by Gasteiger charge is 2.20. The van der Waals surface area contributed by atoms with Crippen molar-refractivity contribution in [2.75, 3.05) is 18.4 Å². The number of likely N-dealkylation sites (tertiary alicyclic amines) is 1. The van der Waals surface area contributed by atoms with E-state index in [-0.39, 0.29) is 5.91 Å². The summed E-state index contributed by atoms with van der Waals surface area (Å²) < 4.78 is 0. The average molecular weight is 261 g/mol. The summed E-state index contributed by atoms with van der Waals surface area (Å²) in [5.41, 5.74) is 1.15. The van der Waals surface area contributed by atoms with Gasteiger partial charge >= 0.3 is 0 Å². The quantitative estimate of drug-likeness (QED) is 0.906. The van der Waals surface area contributed by atoms with Crippen molar-refractivity contribution in [1.29, 1.82) is 0 Å². The molecule has 1 aromatic rings. The first-order chi connectivity index (χ1) is 9.19. The zero-order valence-electron chi connectivity index (χ0n) is 11.9. The van der Waals surface area contributed by atoms with Gasteiger partial charge in [-0.05, 0) is 43.4 Å². The van der Waals surface area contributed by atoms with Crippen LogP contribution in [0.25, 0.3) is 0 Å². The van der Waals surface area contributed by atoms with E-state index in [2.05, 4.69) is 17.2 Å². The molecule has 2 rings (SSSR count). The van der Waals surface area contributed by atoms with E-state index in [1.54, 1.807) is 6.20 Å². The fraction of sp³-hybridized carbons (Fsp3) is 0.600. The van der Waals surface area contributed by atoms with E-state index in [0.29, 0.717) is 18.9 Å². The largest absolute Gasteiger partial charge is 0.370 e. The van der Waals surface area contributed by atoms with Crippen molar-refractivity contribution in [1.82, 2.24) is 9.88 Å². The highest BCUT2D eigenvalue weighted by molar-refractivity contribution is 5.76. The van der Waals surface area contributed by atoms with E-state index in [1.807, 2.05) is 24.0 Å². The molecule has 0 saturated carbocycles. The molecule has 1 unspecified atom stereocenters. The number of amides is 1. The molecule has 1 atom stereocenters. The van der Waals surface area contributed by atoms with Crippen LogP contribution in [0.15, 0.2) is 18.3 Å². The van der Waals surface area contributed by atoms with E-state index < -0.39 is 0 Å². The summed E-state index contributed by atoms with van der Waals surface area (Å²) in [6, 6.07) is 4.02. The Labute approximate surface area is 115 Å². The minimum Gasteiger partial charge on any atom is -0.370 e. The second-order valence-electron chi connectivity index (χ2n) is 5.33. The average Bonchev–Trinajstić information content (AvgIpc) is 2.55. The summed E-state index contributed by atoms with van der Waals surface area (Å²) >= 11 is 0. The molecule has 1 N–H and O–H groups in total. The van der Waals surface area contributed by atoms with Gasteiger partial charge in [-0.15, -0.1) is 0 Å². The number of anilines is 1. The molecule has 19 heavy (non-hydrogen) atoms. The summed E-state index contributed by atoms with van der Waals surface area (Å²) in [7, 11) is 0. The molecule has 1 fully saturated rings. The van der Waals surface area contributed by atoms with Gasteiger partial charge in [0.15, 0.2) is 0 Å². The first kappa shape index (κ1) is 13.8. The minimum absolute atomic E-state index is 0.283. The van der Waals surface area contributed by atoms with E-state index in [4.69, 9.17) is 0 Å². The van der Waals surface area contributed by atoms with Crippen molar-refractivity contribution in [3.63, 3.8) is 0 Å². The molecular formula is C15H23N3O. The van der Waals surface area contributed by atoms with E-state index in [0.717, 1.165) is 37.3 Å². The molecule has 1 aromatic heterocycles. The molecule has 104 valence electrons. The number of aromatic nitrogens is 1. The van der Waals surface area contributed by atoms with Crippen LogP contribution in [0, 0.1) is 5.92 Å². The molecular weight excluding hydrogens is 238 g/mol. The van der Waals surface area contributed by atoms with Gasteiger partial charge in [0, 0.05) is 32.3 Å². The lowest BCUT2D eigenvalue weighted by molar-refractivity contribution is -0.131. The zero-order chi connectivity index (χ0) is 13.7. The molecule has 2 heterocycles. The Morgan fingerprint density at radius 2 is 2.32 bits per heavy atom. The van der Waals surface area contributed by atoms with Gasteiger partial charge in [0.1, 0.15) is 5.82 Å². The van der Waals surface area contributed by atoms with Gasteiger partial charge in [-0.3, -0.25) is 4.79 Å². The van der Waals surface area contributed by atoms with Gasteiger partial charge in [-0.1, -0.05) is 6.92 Å². The zero-order valence-corrected chi connectivity index (χ0v) is 11.9. The van der Waals surface area contributed by atoms with Crippen molar-refractivity contribution >= 4 is 11.7 Å². The maximum atomic E-state index is 12.1. The van der Waals surface area contributed by atoms with E-state index in [1.165, 1.54) is 0 Å². The monoisotopic (exact) mass is 261 g/mol. The fourth-order valence-corrected chi connectivity index (χ4v) is 2.41. The van der Waals surface area contributed by atoms with Crippen LogP contribution in [0.5, 0.6) is 0 Å². The van der Waals surface area contributed by atoms with Crippen LogP contribution >= 0.6 is 0 Å². The van der Waals surface area contributed by atoms with Crippen molar-refractivity contribution in [3.05, 3.63) is 23.9 Å². The first-order valence-electron chi connectivity index (χ1n) is 7.15. The SMILES string of the molecule is CCNc1cc(CN2CCC(C)CCC2=O)ccn1. The van der Waals surface area contributed by atoms with Crippen molar-refractivity contribution in [2.45, 2.75) is 39.7 Å². The number of carbonyl (C=O) groups is 1. The number of rotatable bonds is 4. The van der Waals surface area contributed by atoms with Crippen LogP contribution in [0.1, 0.15) is 38.7 Å². The van der Waals surface area contributed by atoms with Crippen LogP contribution in [0.3, 0.4) is 0 Å². The second kappa shape index (κ2) is 6.55. The van der Waals surface area contributed by atoms with Crippen LogP contribution in [-0.4, -0.2) is 28.9 Å². The Morgan fingerprint density at radius 1 is 1.47 bits per heavy atom. The number of nitrogens with zero attached hydrogens (tertiary/aromatic N) is 2. The third kappa shape index (κ3) is 3.94. The summed E-state index contributed by atoms with van der Waals surface area (Å²) in [5.74, 6) is 1.82. The summed E-state index contributed by atoms with van der Waals surface area (Å²) in [6.45, 7) is 6.71. The van der Waals surface area contributed by atoms with Crippen LogP contribution in [0.4, 0.5) is 5.82 Å². The van der Waals surface area contributed by atoms with Crippen molar-refractivity contribution < 1.29 is 4.79 Å². The third-order valence-corrected chi connectivity index (χ3v) is 3.65. The Balaban J connectivity index is 2.02. The molecule has 1 aliphatic heterocycles. The number of carbonyl (C=O) groups excluding carboxylic acids is 1. The van der Waals surface area contributed by atoms with Crippen LogP contribution in [-0.2, 0) is 11.3 Å². The highest BCUT2D eigenvalue weighted by Crippen LogP contribution is 2.19. The Hall–Kier alpha value is -1.58. The molecule has 0 spiro atoms. The molecule has 1 aliphatic rings. The Bertz CT molecular complexity index is 433. The van der Waals surface area contributed by atoms with Gasteiger partial charge < -0.3 is 10.2 Å². The minimum atomic E-state index is 0.283.